The van der Waals surface area contributed by atoms with Gasteiger partial charge in [0.15, 0.2) is 5.76 Å². The van der Waals surface area contributed by atoms with E-state index in [1.54, 1.807) is 18.1 Å². The predicted molar refractivity (Wildman–Crippen MR) is 151 cm³/mol. The van der Waals surface area contributed by atoms with Crippen LogP contribution in [0.25, 0.3) is 11.3 Å². The van der Waals surface area contributed by atoms with Crippen LogP contribution in [0.5, 0.6) is 0 Å². The first kappa shape index (κ1) is 29.8. The van der Waals surface area contributed by atoms with Crippen LogP contribution in [-0.4, -0.2) is 53.7 Å². The third kappa shape index (κ3) is 7.44. The predicted octanol–water partition coefficient (Wildman–Crippen LogP) is 5.24. The van der Waals surface area contributed by atoms with Crippen molar-refractivity contribution in [3.8, 4) is 11.3 Å². The minimum atomic E-state index is -0.282. The van der Waals surface area contributed by atoms with E-state index in [0.29, 0.717) is 25.4 Å². The molecule has 0 fully saturated rings. The highest BCUT2D eigenvalue weighted by Crippen LogP contribution is 2.28. The van der Waals surface area contributed by atoms with Crippen LogP contribution in [0.1, 0.15) is 56.0 Å². The summed E-state index contributed by atoms with van der Waals surface area (Å²) in [7, 11) is 1.72. The van der Waals surface area contributed by atoms with Crippen molar-refractivity contribution in [2.75, 3.05) is 31.6 Å². The number of amides is 2. The van der Waals surface area contributed by atoms with Crippen LogP contribution in [0.3, 0.4) is 0 Å². The minimum absolute atomic E-state index is 0. The summed E-state index contributed by atoms with van der Waals surface area (Å²) >= 11 is 0. The van der Waals surface area contributed by atoms with E-state index >= 15 is 0 Å². The zero-order valence-electron chi connectivity index (χ0n) is 22.6. The van der Waals surface area contributed by atoms with Crippen molar-refractivity contribution in [3.05, 3.63) is 70.7 Å². The van der Waals surface area contributed by atoms with Crippen molar-refractivity contribution < 1.29 is 18.5 Å². The average Bonchev–Trinajstić information content (AvgIpc) is 3.51. The molecule has 210 valence electrons. The molecule has 2 amide bonds. The lowest BCUT2D eigenvalue weighted by atomic mass is 10.1. The van der Waals surface area contributed by atoms with E-state index in [9.17, 15) is 14.0 Å². The molecule has 0 spiro atoms. The molecule has 1 N–H and O–H groups in total. The summed E-state index contributed by atoms with van der Waals surface area (Å²) < 4.78 is 19.1. The first-order valence-electron chi connectivity index (χ1n) is 13.1. The Morgan fingerprint density at radius 2 is 1.82 bits per heavy atom. The van der Waals surface area contributed by atoms with Crippen molar-refractivity contribution in [1.82, 2.24) is 20.5 Å². The molecule has 39 heavy (non-hydrogen) atoms. The number of nitrogens with zero attached hydrogens (tertiary/aromatic N) is 4. The summed E-state index contributed by atoms with van der Waals surface area (Å²) in [5, 5.41) is 10.4. The number of halogens is 1. The lowest BCUT2D eigenvalue weighted by molar-refractivity contribution is -0.145. The van der Waals surface area contributed by atoms with Crippen LogP contribution < -0.4 is 10.2 Å². The second kappa shape index (κ2) is 13.4. The van der Waals surface area contributed by atoms with E-state index in [1.807, 2.05) is 48.0 Å². The van der Waals surface area contributed by atoms with Crippen LogP contribution in [-0.2, 0) is 22.7 Å². The number of aromatic nitrogens is 1. The number of hydrogen-bond acceptors (Lipinski definition) is 6. The van der Waals surface area contributed by atoms with Crippen molar-refractivity contribution in [2.24, 2.45) is 0 Å². The smallest absolute Gasteiger partial charge is 0.256 e. The highest BCUT2D eigenvalue weighted by atomic mass is 19.1. The number of carbonyl (C=O) groups excluding carboxylic acids is 2. The molecule has 0 saturated carbocycles. The molecular weight excluding hydrogens is 497 g/mol. The fourth-order valence-corrected chi connectivity index (χ4v) is 4.70. The zero-order chi connectivity index (χ0) is 27.2. The van der Waals surface area contributed by atoms with Crippen LogP contribution in [0.4, 0.5) is 10.1 Å². The van der Waals surface area contributed by atoms with Crippen molar-refractivity contribution in [3.63, 3.8) is 0 Å². The Labute approximate surface area is 230 Å². The van der Waals surface area contributed by atoms with Gasteiger partial charge < -0.3 is 14.7 Å². The van der Waals surface area contributed by atoms with Crippen molar-refractivity contribution in [1.29, 1.82) is 0 Å². The minimum Gasteiger partial charge on any atom is -0.356 e. The Kier molecular flexibility index (Phi) is 10.2. The van der Waals surface area contributed by atoms with Gasteiger partial charge in [-0.25, -0.2) is 9.40 Å². The number of rotatable bonds is 11. The number of fused-ring (bicyclic) bond motifs is 1. The number of hydrazine groups is 1. The van der Waals surface area contributed by atoms with E-state index in [0.717, 1.165) is 52.9 Å². The molecule has 0 bridgehead atoms. The molecule has 0 saturated heterocycles. The number of benzene rings is 2. The summed E-state index contributed by atoms with van der Waals surface area (Å²) in [5.74, 6) is 0.0923. The van der Waals surface area contributed by atoms with Gasteiger partial charge in [-0.05, 0) is 67.3 Å². The Morgan fingerprint density at radius 1 is 1.05 bits per heavy atom. The first-order valence-corrected chi connectivity index (χ1v) is 13.1. The van der Waals surface area contributed by atoms with E-state index in [2.05, 4.69) is 17.4 Å². The fraction of sp³-hybridized carbons (Fsp3) is 0.433. The second-order valence-electron chi connectivity index (χ2n) is 9.90. The standard InChI is InChI=1S/C29H36FN5O3.CH4/c1-5-6-7-12-31-28(36)18-34(26-11-9-22(13-20(26)2)27-14-21(3)32-38-27)19-29(37)33(4)35-16-23-8-10-25(30)15-24(23)17-35;/h8-11,13-15H,5-7,12,16-19H2,1-4H3,(H,31,36);1H4. The van der Waals surface area contributed by atoms with Gasteiger partial charge in [0, 0.05) is 44.0 Å². The van der Waals surface area contributed by atoms with Gasteiger partial charge in [-0.15, -0.1) is 0 Å². The molecule has 1 aromatic heterocycles. The summed E-state index contributed by atoms with van der Waals surface area (Å²) in [6, 6.07) is 12.4. The topological polar surface area (TPSA) is 81.9 Å². The first-order chi connectivity index (χ1) is 18.2. The number of hydrogen-bond donors (Lipinski definition) is 1. The maximum absolute atomic E-state index is 13.7. The normalized spacial score (nSPS) is 12.5. The molecular formula is C30H40FN5O3. The average molecular weight is 538 g/mol. The maximum atomic E-state index is 13.7. The Hall–Kier alpha value is -3.72. The van der Waals surface area contributed by atoms with Crippen molar-refractivity contribution in [2.45, 2.75) is 60.5 Å². The van der Waals surface area contributed by atoms with Gasteiger partial charge in [-0.2, -0.15) is 0 Å². The van der Waals surface area contributed by atoms with Gasteiger partial charge in [0.05, 0.1) is 18.8 Å². The van der Waals surface area contributed by atoms with E-state index in [4.69, 9.17) is 4.52 Å². The summed E-state index contributed by atoms with van der Waals surface area (Å²) in [6.45, 7) is 7.60. The number of aryl methyl sites for hydroxylation is 2. The molecule has 0 unspecified atom stereocenters. The Morgan fingerprint density at radius 3 is 2.51 bits per heavy atom. The van der Waals surface area contributed by atoms with Gasteiger partial charge in [0.25, 0.3) is 5.91 Å². The van der Waals surface area contributed by atoms with Gasteiger partial charge in [0.1, 0.15) is 5.82 Å². The molecule has 1 aliphatic heterocycles. The molecule has 9 heteroatoms. The monoisotopic (exact) mass is 537 g/mol. The molecule has 4 rings (SSSR count). The van der Waals surface area contributed by atoms with E-state index in [1.165, 1.54) is 12.1 Å². The second-order valence-corrected chi connectivity index (χ2v) is 9.90. The number of anilines is 1. The van der Waals surface area contributed by atoms with Gasteiger partial charge in [0.2, 0.25) is 5.91 Å². The number of likely N-dealkylation sites (N-methyl/N-ethyl adjacent to an activating group) is 1. The van der Waals surface area contributed by atoms with Crippen LogP contribution >= 0.6 is 0 Å². The zero-order valence-corrected chi connectivity index (χ0v) is 22.6. The largest absolute Gasteiger partial charge is 0.356 e. The highest BCUT2D eigenvalue weighted by Gasteiger charge is 2.27. The quantitative estimate of drug-likeness (QED) is 0.337. The molecule has 0 atom stereocenters. The van der Waals surface area contributed by atoms with Gasteiger partial charge >= 0.3 is 0 Å². The Bertz CT molecular complexity index is 1290. The van der Waals surface area contributed by atoms with E-state index < -0.39 is 0 Å². The maximum Gasteiger partial charge on any atom is 0.256 e. The number of nitrogens with one attached hydrogen (secondary N) is 1. The van der Waals surface area contributed by atoms with Gasteiger partial charge in [-0.1, -0.05) is 38.4 Å². The molecule has 8 nitrogen and oxygen atoms in total. The Balaban J connectivity index is 0.00000420. The fourth-order valence-electron chi connectivity index (χ4n) is 4.70. The van der Waals surface area contributed by atoms with Gasteiger partial charge in [-0.3, -0.25) is 14.6 Å². The molecule has 2 aromatic carbocycles. The molecule has 0 radical (unpaired) electrons. The lowest BCUT2D eigenvalue weighted by Crippen LogP contribution is -2.48. The SMILES string of the molecule is C.CCCCCNC(=O)CN(CC(=O)N(C)N1Cc2ccc(F)cc2C1)c1ccc(-c2cc(C)no2)cc1C. The van der Waals surface area contributed by atoms with Crippen LogP contribution in [0.2, 0.25) is 0 Å². The highest BCUT2D eigenvalue weighted by molar-refractivity contribution is 5.87. The number of carbonyl (C=O) groups is 2. The molecule has 1 aliphatic rings. The van der Waals surface area contributed by atoms with Crippen molar-refractivity contribution >= 4 is 17.5 Å². The summed E-state index contributed by atoms with van der Waals surface area (Å²) in [6.07, 6.45) is 3.05. The lowest BCUT2D eigenvalue weighted by Gasteiger charge is -2.32. The summed E-state index contributed by atoms with van der Waals surface area (Å²) in [5.41, 5.74) is 5.26. The van der Waals surface area contributed by atoms with E-state index in [-0.39, 0.29) is 38.1 Å². The van der Waals surface area contributed by atoms with Crippen LogP contribution in [0.15, 0.2) is 47.0 Å². The number of unbranched alkanes of at least 4 members (excludes halogenated alkanes) is 2. The third-order valence-corrected chi connectivity index (χ3v) is 6.87. The summed E-state index contributed by atoms with van der Waals surface area (Å²) in [4.78, 5) is 28.1. The molecule has 2 heterocycles. The molecule has 0 aliphatic carbocycles. The van der Waals surface area contributed by atoms with Crippen LogP contribution in [0, 0.1) is 19.7 Å². The molecule has 3 aromatic rings. The third-order valence-electron chi connectivity index (χ3n) is 6.87.